The van der Waals surface area contributed by atoms with Crippen LogP contribution in [0.2, 0.25) is 0 Å². The van der Waals surface area contributed by atoms with E-state index in [1.54, 1.807) is 0 Å². The molecule has 0 bridgehead atoms. The van der Waals surface area contributed by atoms with Crippen LogP contribution < -0.4 is 10.2 Å². The molecule has 0 saturated carbocycles. The van der Waals surface area contributed by atoms with E-state index in [2.05, 4.69) is 74.7 Å². The SMILES string of the molecule is CCCCC/C=C\C/C=C\CCCCCCCCCCCCCCCC(=O)NC(COP(=O)([O-])OCC[N+](C)(C)C)C(/C=C\CCCCCCCCCCC)OC(=O)CCCCCCCCC/C=C\C/C=C\CCCCC. The van der Waals surface area contributed by atoms with Crippen LogP contribution in [0.4, 0.5) is 0 Å². The first kappa shape index (κ1) is 74.7. The molecule has 0 radical (unpaired) electrons. The molecule has 0 aromatic heterocycles. The van der Waals surface area contributed by atoms with Crippen molar-refractivity contribution in [2.45, 2.75) is 315 Å². The summed E-state index contributed by atoms with van der Waals surface area (Å²) in [6.45, 7) is 6.81. The lowest BCUT2D eigenvalue weighted by Crippen LogP contribution is -2.47. The number of quaternary nitrogens is 1. The van der Waals surface area contributed by atoms with Crippen molar-refractivity contribution in [3.63, 3.8) is 0 Å². The molecular weight excluding hydrogens is 976 g/mol. The van der Waals surface area contributed by atoms with E-state index in [9.17, 15) is 19.0 Å². The molecular formula is C67H125N2O7P. The van der Waals surface area contributed by atoms with Crippen LogP contribution in [0.1, 0.15) is 303 Å². The van der Waals surface area contributed by atoms with E-state index < -0.39 is 26.6 Å². The molecule has 3 atom stereocenters. The summed E-state index contributed by atoms with van der Waals surface area (Å²) in [6.07, 6.45) is 71.9. The molecule has 1 amide bonds. The fourth-order valence-electron chi connectivity index (χ4n) is 9.35. The lowest BCUT2D eigenvalue weighted by Gasteiger charge is -2.30. The van der Waals surface area contributed by atoms with Crippen molar-refractivity contribution in [3.05, 3.63) is 60.8 Å². The summed E-state index contributed by atoms with van der Waals surface area (Å²) in [5.41, 5.74) is 0. The minimum atomic E-state index is -4.70. The normalized spacial score (nSPS) is 14.0. The van der Waals surface area contributed by atoms with E-state index >= 15 is 0 Å². The smallest absolute Gasteiger partial charge is 0.306 e. The minimum Gasteiger partial charge on any atom is -0.756 e. The molecule has 0 rings (SSSR count). The fraction of sp³-hybridized carbons (Fsp3) is 0.821. The maximum atomic E-state index is 13.6. The highest BCUT2D eigenvalue weighted by molar-refractivity contribution is 7.45. The third-order valence-corrected chi connectivity index (χ3v) is 15.4. The van der Waals surface area contributed by atoms with E-state index in [0.717, 1.165) is 83.5 Å². The van der Waals surface area contributed by atoms with Gasteiger partial charge in [0.1, 0.15) is 19.3 Å². The lowest BCUT2D eigenvalue weighted by molar-refractivity contribution is -0.870. The van der Waals surface area contributed by atoms with Gasteiger partial charge in [-0.1, -0.05) is 255 Å². The van der Waals surface area contributed by atoms with Crippen LogP contribution in [0, 0.1) is 0 Å². The van der Waals surface area contributed by atoms with Crippen LogP contribution in [-0.4, -0.2) is 69.4 Å². The first-order chi connectivity index (χ1) is 37.4. The second kappa shape index (κ2) is 57.0. The Morgan fingerprint density at radius 1 is 0.455 bits per heavy atom. The number of allylic oxidation sites excluding steroid dienone is 9. The molecule has 0 aliphatic rings. The van der Waals surface area contributed by atoms with E-state index in [1.807, 2.05) is 33.3 Å². The number of phosphoric acid groups is 1. The number of carbonyl (C=O) groups excluding carboxylic acids is 2. The number of hydrogen-bond donors (Lipinski definition) is 1. The Morgan fingerprint density at radius 2 is 0.792 bits per heavy atom. The van der Waals surface area contributed by atoms with E-state index in [1.165, 1.54) is 186 Å². The summed E-state index contributed by atoms with van der Waals surface area (Å²) < 4.78 is 30.3. The Balaban J connectivity index is 5.12. The molecule has 0 heterocycles. The van der Waals surface area contributed by atoms with Crippen LogP contribution in [0.3, 0.4) is 0 Å². The molecule has 9 nitrogen and oxygen atoms in total. The minimum absolute atomic E-state index is 0.0242. The Labute approximate surface area is 477 Å². The van der Waals surface area contributed by atoms with E-state index in [4.69, 9.17) is 13.8 Å². The number of nitrogens with one attached hydrogen (secondary N) is 1. The third-order valence-electron chi connectivity index (χ3n) is 14.4. The van der Waals surface area contributed by atoms with Crippen LogP contribution in [-0.2, 0) is 27.9 Å². The van der Waals surface area contributed by atoms with Crippen molar-refractivity contribution < 1.29 is 37.3 Å². The van der Waals surface area contributed by atoms with Gasteiger partial charge in [-0.25, -0.2) is 0 Å². The topological polar surface area (TPSA) is 114 Å². The Morgan fingerprint density at radius 3 is 1.19 bits per heavy atom. The molecule has 1 N–H and O–H groups in total. The number of hydrogen-bond acceptors (Lipinski definition) is 7. The van der Waals surface area contributed by atoms with Crippen molar-refractivity contribution in [2.75, 3.05) is 40.9 Å². The van der Waals surface area contributed by atoms with Gasteiger partial charge in [0.25, 0.3) is 7.82 Å². The van der Waals surface area contributed by atoms with Gasteiger partial charge in [0.05, 0.1) is 33.8 Å². The van der Waals surface area contributed by atoms with Gasteiger partial charge in [-0.15, -0.1) is 0 Å². The van der Waals surface area contributed by atoms with Crippen LogP contribution in [0.5, 0.6) is 0 Å². The molecule has 0 aliphatic heterocycles. The lowest BCUT2D eigenvalue weighted by atomic mass is 10.0. The summed E-state index contributed by atoms with van der Waals surface area (Å²) in [6, 6.07) is -0.892. The number of likely N-dealkylation sites (N-methyl/N-ethyl adjacent to an activating group) is 1. The third kappa shape index (κ3) is 58.2. The van der Waals surface area contributed by atoms with Gasteiger partial charge in [-0.3, -0.25) is 14.2 Å². The number of carbonyl (C=O) groups is 2. The van der Waals surface area contributed by atoms with Crippen molar-refractivity contribution in [1.82, 2.24) is 5.32 Å². The highest BCUT2D eigenvalue weighted by atomic mass is 31.2. The second-order valence-electron chi connectivity index (χ2n) is 23.3. The summed E-state index contributed by atoms with van der Waals surface area (Å²) >= 11 is 0. The summed E-state index contributed by atoms with van der Waals surface area (Å²) in [5, 5.41) is 3.03. The molecule has 10 heteroatoms. The van der Waals surface area contributed by atoms with Crippen molar-refractivity contribution in [2.24, 2.45) is 0 Å². The number of esters is 1. The zero-order valence-corrected chi connectivity index (χ0v) is 52.3. The summed E-state index contributed by atoms with van der Waals surface area (Å²) in [5.74, 6) is -0.544. The molecule has 0 aliphatic carbocycles. The van der Waals surface area contributed by atoms with Crippen molar-refractivity contribution in [3.8, 4) is 0 Å². The molecule has 3 unspecified atom stereocenters. The quantitative estimate of drug-likeness (QED) is 0.0212. The van der Waals surface area contributed by atoms with Gasteiger partial charge in [0.15, 0.2) is 0 Å². The fourth-order valence-corrected chi connectivity index (χ4v) is 10.1. The average Bonchev–Trinajstić information content (AvgIpc) is 3.39. The largest absolute Gasteiger partial charge is 0.756 e. The van der Waals surface area contributed by atoms with Gasteiger partial charge < -0.3 is 28.5 Å². The molecule has 0 aromatic rings. The maximum absolute atomic E-state index is 13.6. The molecule has 0 aromatic carbocycles. The maximum Gasteiger partial charge on any atom is 0.306 e. The highest BCUT2D eigenvalue weighted by Crippen LogP contribution is 2.38. The number of nitrogens with zero attached hydrogens (tertiary/aromatic N) is 1. The molecule has 77 heavy (non-hydrogen) atoms. The first-order valence-electron chi connectivity index (χ1n) is 32.6. The van der Waals surface area contributed by atoms with Gasteiger partial charge in [-0.05, 0) is 96.0 Å². The monoisotopic (exact) mass is 1100 g/mol. The zero-order valence-electron chi connectivity index (χ0n) is 51.4. The van der Waals surface area contributed by atoms with Gasteiger partial charge in [-0.2, -0.15) is 0 Å². The molecule has 0 saturated heterocycles. The number of phosphoric ester groups is 1. The summed E-state index contributed by atoms with van der Waals surface area (Å²) in [4.78, 5) is 40.0. The van der Waals surface area contributed by atoms with Crippen LogP contribution in [0.15, 0.2) is 60.8 Å². The molecule has 0 spiro atoms. The first-order valence-corrected chi connectivity index (χ1v) is 34.1. The second-order valence-corrected chi connectivity index (χ2v) is 24.7. The average molecular weight is 1100 g/mol. The standard InChI is InChI=1S/C67H125N2O7P/c1-7-10-13-16-19-22-25-27-29-31-32-33-34-35-36-38-39-41-44-47-50-53-56-59-66(70)68-64(63-75-77(72,73)74-62-61-69(4,5)6)65(58-55-52-49-46-43-24-21-18-15-12-9-3)76-67(71)60-57-54-51-48-45-42-40-37-30-28-26-23-20-17-14-11-8-2/h19-20,22-23,27-30,55,58,64-65H,7-18,21,24-26,31-54,56-57,59-63H2,1-6H3,(H-,68,70,72,73)/b22-19-,23-20-,29-27-,30-28-,58-55-. The molecule has 450 valence electrons. The van der Waals surface area contributed by atoms with Crippen LogP contribution in [0.25, 0.3) is 0 Å². The van der Waals surface area contributed by atoms with E-state index in [-0.39, 0.29) is 24.9 Å². The Kier molecular flexibility index (Phi) is 55.3. The van der Waals surface area contributed by atoms with Crippen molar-refractivity contribution in [1.29, 1.82) is 0 Å². The summed E-state index contributed by atoms with van der Waals surface area (Å²) in [7, 11) is 1.18. The number of unbranched alkanes of at least 4 members (excludes halogenated alkanes) is 35. The van der Waals surface area contributed by atoms with Gasteiger partial charge >= 0.3 is 5.97 Å². The number of ether oxygens (including phenoxy) is 1. The van der Waals surface area contributed by atoms with Gasteiger partial charge in [0, 0.05) is 12.8 Å². The Hall–Kier alpha value is -2.29. The van der Waals surface area contributed by atoms with Crippen molar-refractivity contribution >= 4 is 19.7 Å². The number of amides is 1. The predicted octanol–water partition coefficient (Wildman–Crippen LogP) is 19.6. The van der Waals surface area contributed by atoms with E-state index in [0.29, 0.717) is 17.4 Å². The number of rotatable bonds is 59. The zero-order chi connectivity index (χ0) is 56.4. The predicted molar refractivity (Wildman–Crippen MR) is 330 cm³/mol. The highest BCUT2D eigenvalue weighted by Gasteiger charge is 2.27. The molecule has 0 fully saturated rings. The van der Waals surface area contributed by atoms with Gasteiger partial charge in [0.2, 0.25) is 5.91 Å². The van der Waals surface area contributed by atoms with Crippen LogP contribution >= 0.6 is 7.82 Å². The Bertz CT molecular complexity index is 1500.